The van der Waals surface area contributed by atoms with Crippen molar-refractivity contribution in [3.8, 4) is 6.01 Å². The third-order valence-electron chi connectivity index (χ3n) is 2.59. The number of nitrogens with one attached hydrogen (secondary N) is 1. The molecule has 2 heterocycles. The number of hydrogen-bond donors (Lipinski definition) is 1. The van der Waals surface area contributed by atoms with E-state index in [0.717, 1.165) is 3.57 Å². The number of esters is 1. The van der Waals surface area contributed by atoms with Gasteiger partial charge in [0.1, 0.15) is 5.52 Å². The number of nitrogens with zero attached hydrogens (tertiary/aromatic N) is 2. The maximum atomic E-state index is 11.9. The Bertz CT molecular complexity index is 789. The molecule has 1 N–H and O–H groups in total. The molecule has 0 aliphatic rings. The lowest BCUT2D eigenvalue weighted by molar-refractivity contribution is 0.0721. The summed E-state index contributed by atoms with van der Waals surface area (Å²) >= 11 is 8.03. The van der Waals surface area contributed by atoms with E-state index in [1.165, 1.54) is 6.20 Å². The molecule has 7 heteroatoms. The second kappa shape index (κ2) is 5.37. The van der Waals surface area contributed by atoms with Crippen molar-refractivity contribution in [3.63, 3.8) is 0 Å². The Balaban J connectivity index is 1.92. The van der Waals surface area contributed by atoms with Crippen molar-refractivity contribution in [3.05, 3.63) is 50.7 Å². The summed E-state index contributed by atoms with van der Waals surface area (Å²) in [7, 11) is 0. The Morgan fingerprint density at radius 2 is 2.05 bits per heavy atom. The van der Waals surface area contributed by atoms with Crippen LogP contribution in [0.15, 0.2) is 36.5 Å². The first kappa shape index (κ1) is 13.3. The molecule has 0 unspecified atom stereocenters. The summed E-state index contributed by atoms with van der Waals surface area (Å²) in [6.45, 7) is 0. The van der Waals surface area contributed by atoms with Gasteiger partial charge in [0.25, 0.3) is 0 Å². The van der Waals surface area contributed by atoms with E-state index in [4.69, 9.17) is 16.3 Å². The van der Waals surface area contributed by atoms with Crippen molar-refractivity contribution in [2.24, 2.45) is 0 Å². The van der Waals surface area contributed by atoms with Crippen LogP contribution in [0.5, 0.6) is 6.01 Å². The number of ether oxygens (including phenoxy) is 1. The molecule has 5 nitrogen and oxygen atoms in total. The number of rotatable bonds is 2. The highest BCUT2D eigenvalue weighted by Gasteiger charge is 2.14. The summed E-state index contributed by atoms with van der Waals surface area (Å²) in [6, 6.07) is 8.79. The van der Waals surface area contributed by atoms with Crippen molar-refractivity contribution in [1.29, 1.82) is 0 Å². The largest absolute Gasteiger partial charge is 0.388 e. The van der Waals surface area contributed by atoms with Gasteiger partial charge in [-0.1, -0.05) is 29.8 Å². The van der Waals surface area contributed by atoms with Gasteiger partial charge in [-0.3, -0.25) is 4.98 Å². The number of hydrogen-bond acceptors (Lipinski definition) is 4. The predicted molar refractivity (Wildman–Crippen MR) is 83.0 cm³/mol. The molecule has 0 radical (unpaired) electrons. The molecule has 0 atom stereocenters. The fraction of sp³-hybridized carbons (Fsp3) is 0. The van der Waals surface area contributed by atoms with Crippen molar-refractivity contribution in [2.45, 2.75) is 0 Å². The standard InChI is InChI=1S/C13H7ClIN3O2/c14-8-6-16-11-10(9(8)15)17-13(18-11)20-12(19)7-4-2-1-3-5-7/h1-6H,(H,16,17,18). The molecule has 100 valence electrons. The predicted octanol–water partition coefficient (Wildman–Crippen LogP) is 3.44. The number of H-pyrrole nitrogens is 1. The number of carbonyl (C=O) groups is 1. The van der Waals surface area contributed by atoms with Gasteiger partial charge in [0, 0.05) is 6.20 Å². The van der Waals surface area contributed by atoms with Crippen molar-refractivity contribution < 1.29 is 9.53 Å². The SMILES string of the molecule is O=C(Oc1nc2c(I)c(Cl)cnc2[nH]1)c1ccccc1. The Kier molecular flexibility index (Phi) is 3.58. The summed E-state index contributed by atoms with van der Waals surface area (Å²) in [4.78, 5) is 23.0. The van der Waals surface area contributed by atoms with Crippen LogP contribution in [0.25, 0.3) is 11.2 Å². The zero-order valence-electron chi connectivity index (χ0n) is 9.93. The Morgan fingerprint density at radius 3 is 2.80 bits per heavy atom. The van der Waals surface area contributed by atoms with E-state index in [2.05, 4.69) is 37.5 Å². The topological polar surface area (TPSA) is 67.9 Å². The third-order valence-corrected chi connectivity index (χ3v) is 4.28. The van der Waals surface area contributed by atoms with Gasteiger partial charge in [0.2, 0.25) is 0 Å². The number of fused-ring (bicyclic) bond motifs is 1. The van der Waals surface area contributed by atoms with Gasteiger partial charge in [-0.15, -0.1) is 0 Å². The number of aromatic amines is 1. The van der Waals surface area contributed by atoms with Gasteiger partial charge in [0.15, 0.2) is 5.65 Å². The Hall–Kier alpha value is -1.67. The van der Waals surface area contributed by atoms with E-state index in [1.54, 1.807) is 24.3 Å². The minimum Gasteiger partial charge on any atom is -0.388 e. The monoisotopic (exact) mass is 399 g/mol. The molecule has 2 aromatic heterocycles. The molecule has 0 saturated heterocycles. The van der Waals surface area contributed by atoms with Gasteiger partial charge in [0.05, 0.1) is 14.2 Å². The van der Waals surface area contributed by atoms with E-state index in [9.17, 15) is 4.79 Å². The van der Waals surface area contributed by atoms with E-state index in [-0.39, 0.29) is 6.01 Å². The van der Waals surface area contributed by atoms with Crippen LogP contribution in [0.4, 0.5) is 0 Å². The average Bonchev–Trinajstić information content (AvgIpc) is 2.87. The molecule has 0 aliphatic carbocycles. The first-order chi connectivity index (χ1) is 9.65. The van der Waals surface area contributed by atoms with Crippen LogP contribution < -0.4 is 4.74 Å². The van der Waals surface area contributed by atoms with Gasteiger partial charge < -0.3 is 4.74 Å². The fourth-order valence-corrected chi connectivity index (χ4v) is 2.30. The molecule has 0 fully saturated rings. The molecule has 0 saturated carbocycles. The summed E-state index contributed by atoms with van der Waals surface area (Å²) < 4.78 is 5.95. The van der Waals surface area contributed by atoms with Gasteiger partial charge in [-0.05, 0) is 34.7 Å². The van der Waals surface area contributed by atoms with Crippen LogP contribution in [-0.2, 0) is 0 Å². The molecule has 20 heavy (non-hydrogen) atoms. The fourth-order valence-electron chi connectivity index (χ4n) is 1.65. The summed E-state index contributed by atoms with van der Waals surface area (Å²) in [5, 5.41) is 0.505. The van der Waals surface area contributed by atoms with Crippen molar-refractivity contribution in [1.82, 2.24) is 15.0 Å². The average molecular weight is 400 g/mol. The number of carbonyl (C=O) groups excluding carboxylic acids is 1. The molecule has 0 aliphatic heterocycles. The highest BCUT2D eigenvalue weighted by Crippen LogP contribution is 2.26. The Morgan fingerprint density at radius 1 is 1.30 bits per heavy atom. The maximum absolute atomic E-state index is 11.9. The molecule has 3 rings (SSSR count). The van der Waals surface area contributed by atoms with E-state index in [0.29, 0.717) is 21.7 Å². The number of halogens is 2. The van der Waals surface area contributed by atoms with Crippen LogP contribution in [0.3, 0.4) is 0 Å². The number of benzene rings is 1. The Labute approximate surface area is 132 Å². The highest BCUT2D eigenvalue weighted by molar-refractivity contribution is 14.1. The van der Waals surface area contributed by atoms with Crippen LogP contribution in [0.1, 0.15) is 10.4 Å². The summed E-state index contributed by atoms with van der Waals surface area (Å²) in [5.41, 5.74) is 1.55. The summed E-state index contributed by atoms with van der Waals surface area (Å²) in [6.07, 6.45) is 1.52. The second-order valence-corrected chi connectivity index (χ2v) is 5.40. The first-order valence-electron chi connectivity index (χ1n) is 5.62. The third kappa shape index (κ3) is 2.48. The van der Waals surface area contributed by atoms with E-state index >= 15 is 0 Å². The zero-order valence-corrected chi connectivity index (χ0v) is 12.8. The minimum absolute atomic E-state index is 0.0986. The first-order valence-corrected chi connectivity index (χ1v) is 7.08. The second-order valence-electron chi connectivity index (χ2n) is 3.91. The molecular weight excluding hydrogens is 393 g/mol. The lowest BCUT2D eigenvalue weighted by Crippen LogP contribution is -2.08. The van der Waals surface area contributed by atoms with Gasteiger partial charge in [-0.25, -0.2) is 9.78 Å². The van der Waals surface area contributed by atoms with E-state index in [1.807, 2.05) is 6.07 Å². The summed E-state index contributed by atoms with van der Waals surface area (Å²) in [5.74, 6) is -0.481. The van der Waals surface area contributed by atoms with Crippen LogP contribution >= 0.6 is 34.2 Å². The quantitative estimate of drug-likeness (QED) is 0.529. The molecular formula is C13H7ClIN3O2. The zero-order chi connectivity index (χ0) is 14.1. The lowest BCUT2D eigenvalue weighted by Gasteiger charge is -1.99. The normalized spacial score (nSPS) is 10.7. The number of aromatic nitrogens is 3. The molecule has 3 aromatic rings. The molecule has 0 spiro atoms. The van der Waals surface area contributed by atoms with E-state index < -0.39 is 5.97 Å². The number of imidazole rings is 1. The smallest absolute Gasteiger partial charge is 0.345 e. The highest BCUT2D eigenvalue weighted by atomic mass is 127. The van der Waals surface area contributed by atoms with Crippen LogP contribution in [0.2, 0.25) is 5.02 Å². The number of pyridine rings is 1. The molecule has 0 amide bonds. The van der Waals surface area contributed by atoms with Crippen molar-refractivity contribution in [2.75, 3.05) is 0 Å². The van der Waals surface area contributed by atoms with Crippen molar-refractivity contribution >= 4 is 51.3 Å². The van der Waals surface area contributed by atoms with Gasteiger partial charge >= 0.3 is 12.0 Å². The minimum atomic E-state index is -0.481. The van der Waals surface area contributed by atoms with Crippen LogP contribution in [0, 0.1) is 3.57 Å². The van der Waals surface area contributed by atoms with Gasteiger partial charge in [-0.2, -0.15) is 4.98 Å². The lowest BCUT2D eigenvalue weighted by atomic mass is 10.2. The maximum Gasteiger partial charge on any atom is 0.345 e. The van der Waals surface area contributed by atoms with Crippen LogP contribution in [-0.4, -0.2) is 20.9 Å². The molecule has 0 bridgehead atoms. The molecule has 1 aromatic carbocycles.